The molecule has 2 aromatic carbocycles. The lowest BCUT2D eigenvalue weighted by Gasteiger charge is -2.26. The van der Waals surface area contributed by atoms with E-state index in [1.165, 1.54) is 12.1 Å². The number of piperidine rings is 1. The molecule has 0 saturated carbocycles. The molecule has 5 nitrogen and oxygen atoms in total. The van der Waals surface area contributed by atoms with Crippen molar-refractivity contribution in [3.05, 3.63) is 77.9 Å². The Morgan fingerprint density at radius 3 is 2.43 bits per heavy atom. The first kappa shape index (κ1) is 18.2. The highest BCUT2D eigenvalue weighted by Gasteiger charge is 2.25. The van der Waals surface area contributed by atoms with E-state index in [0.29, 0.717) is 23.7 Å². The minimum Gasteiger partial charge on any atom is -0.485 e. The van der Waals surface area contributed by atoms with Crippen molar-refractivity contribution < 1.29 is 13.9 Å². The van der Waals surface area contributed by atoms with Gasteiger partial charge in [-0.2, -0.15) is 5.10 Å². The fraction of sp³-hybridized carbons (Fsp3) is 0.273. The zero-order valence-electron chi connectivity index (χ0n) is 15.6. The fourth-order valence-corrected chi connectivity index (χ4v) is 3.32. The molecule has 6 heteroatoms. The highest BCUT2D eigenvalue weighted by Crippen LogP contribution is 2.24. The Balaban J connectivity index is 1.63. The molecule has 2 heterocycles. The average molecular weight is 379 g/mol. The topological polar surface area (TPSA) is 47.4 Å². The average Bonchev–Trinajstić information content (AvgIpc) is 3.18. The van der Waals surface area contributed by atoms with Crippen molar-refractivity contribution in [1.82, 2.24) is 14.7 Å². The van der Waals surface area contributed by atoms with Gasteiger partial charge in [-0.1, -0.05) is 30.3 Å². The van der Waals surface area contributed by atoms with Crippen LogP contribution in [-0.4, -0.2) is 33.7 Å². The molecule has 28 heavy (non-hydrogen) atoms. The lowest BCUT2D eigenvalue weighted by Crippen LogP contribution is -2.36. The highest BCUT2D eigenvalue weighted by molar-refractivity contribution is 5.95. The standard InChI is InChI=1S/C22H22FN3O2/c23-18-9-11-19(12-10-18)26-15-20(28-16-17-7-3-1-4-8-17)21(24-26)22(27)25-13-5-2-6-14-25/h1,3-4,7-12,15H,2,5-6,13-14,16H2. The number of carbonyl (C=O) groups excluding carboxylic acids is 1. The van der Waals surface area contributed by atoms with Crippen molar-refractivity contribution in [3.63, 3.8) is 0 Å². The number of amides is 1. The summed E-state index contributed by atoms with van der Waals surface area (Å²) in [6.45, 7) is 1.82. The van der Waals surface area contributed by atoms with E-state index in [1.807, 2.05) is 35.2 Å². The summed E-state index contributed by atoms with van der Waals surface area (Å²) in [5.41, 5.74) is 1.97. The van der Waals surface area contributed by atoms with Gasteiger partial charge in [-0.3, -0.25) is 4.79 Å². The van der Waals surface area contributed by atoms with E-state index in [1.54, 1.807) is 23.0 Å². The van der Waals surface area contributed by atoms with Gasteiger partial charge in [0.1, 0.15) is 12.4 Å². The van der Waals surface area contributed by atoms with E-state index in [4.69, 9.17) is 4.74 Å². The van der Waals surface area contributed by atoms with Crippen LogP contribution in [0, 0.1) is 5.82 Å². The molecule has 4 rings (SSSR count). The molecule has 0 aliphatic carbocycles. The summed E-state index contributed by atoms with van der Waals surface area (Å²) in [5.74, 6) is -0.00607. The number of ether oxygens (including phenoxy) is 1. The number of halogens is 1. The normalized spacial score (nSPS) is 14.1. The van der Waals surface area contributed by atoms with Crippen molar-refractivity contribution >= 4 is 5.91 Å². The smallest absolute Gasteiger partial charge is 0.278 e. The molecule has 3 aromatic rings. The summed E-state index contributed by atoms with van der Waals surface area (Å²) >= 11 is 0. The zero-order chi connectivity index (χ0) is 19.3. The largest absolute Gasteiger partial charge is 0.485 e. The van der Waals surface area contributed by atoms with Gasteiger partial charge in [0.25, 0.3) is 5.91 Å². The maximum Gasteiger partial charge on any atom is 0.278 e. The van der Waals surface area contributed by atoms with Crippen LogP contribution in [0.4, 0.5) is 4.39 Å². The van der Waals surface area contributed by atoms with Crippen molar-refractivity contribution in [2.75, 3.05) is 13.1 Å². The molecule has 144 valence electrons. The minimum absolute atomic E-state index is 0.122. The van der Waals surface area contributed by atoms with Crippen LogP contribution in [0.2, 0.25) is 0 Å². The monoisotopic (exact) mass is 379 g/mol. The summed E-state index contributed by atoms with van der Waals surface area (Å²) in [6.07, 6.45) is 4.84. The zero-order valence-corrected chi connectivity index (χ0v) is 15.6. The molecule has 0 unspecified atom stereocenters. The number of hydrogen-bond acceptors (Lipinski definition) is 3. The molecular weight excluding hydrogens is 357 g/mol. The summed E-state index contributed by atoms with van der Waals surface area (Å²) < 4.78 is 20.8. The lowest BCUT2D eigenvalue weighted by molar-refractivity contribution is 0.0713. The van der Waals surface area contributed by atoms with E-state index < -0.39 is 0 Å². The highest BCUT2D eigenvalue weighted by atomic mass is 19.1. The second-order valence-corrected chi connectivity index (χ2v) is 6.89. The van der Waals surface area contributed by atoms with Crippen molar-refractivity contribution in [3.8, 4) is 11.4 Å². The summed E-state index contributed by atoms with van der Waals surface area (Å²) in [7, 11) is 0. The van der Waals surface area contributed by atoms with Gasteiger partial charge in [0.05, 0.1) is 11.9 Å². The quantitative estimate of drug-likeness (QED) is 0.667. The lowest BCUT2D eigenvalue weighted by atomic mass is 10.1. The van der Waals surface area contributed by atoms with Crippen LogP contribution in [0.5, 0.6) is 5.75 Å². The molecule has 1 aliphatic heterocycles. The van der Waals surface area contributed by atoms with Gasteiger partial charge < -0.3 is 9.64 Å². The van der Waals surface area contributed by atoms with Gasteiger partial charge in [-0.05, 0) is 49.1 Å². The number of rotatable bonds is 5. The van der Waals surface area contributed by atoms with Crippen LogP contribution < -0.4 is 4.74 Å². The van der Waals surface area contributed by atoms with Crippen molar-refractivity contribution in [2.24, 2.45) is 0 Å². The first-order chi connectivity index (χ1) is 13.7. The predicted molar refractivity (Wildman–Crippen MR) is 104 cm³/mol. The van der Waals surface area contributed by atoms with Gasteiger partial charge >= 0.3 is 0 Å². The Labute approximate surface area is 163 Å². The van der Waals surface area contributed by atoms with Gasteiger partial charge in [0.15, 0.2) is 11.4 Å². The molecule has 1 amide bonds. The van der Waals surface area contributed by atoms with Crippen LogP contribution in [0.1, 0.15) is 35.3 Å². The third kappa shape index (κ3) is 4.06. The number of aromatic nitrogens is 2. The van der Waals surface area contributed by atoms with Gasteiger partial charge in [-0.15, -0.1) is 0 Å². The number of nitrogens with zero attached hydrogens (tertiary/aromatic N) is 3. The Bertz CT molecular complexity index is 932. The van der Waals surface area contributed by atoms with Gasteiger partial charge in [-0.25, -0.2) is 9.07 Å². The van der Waals surface area contributed by atoms with Crippen LogP contribution in [0.3, 0.4) is 0 Å². The second kappa shape index (κ2) is 8.25. The van der Waals surface area contributed by atoms with Crippen LogP contribution >= 0.6 is 0 Å². The first-order valence-corrected chi connectivity index (χ1v) is 9.52. The SMILES string of the molecule is O=C(c1nn(-c2ccc(F)cc2)cc1OCc1ccccc1)N1CCCCC1. The van der Waals surface area contributed by atoms with E-state index in [2.05, 4.69) is 5.10 Å². The molecule has 0 N–H and O–H groups in total. The Morgan fingerprint density at radius 2 is 1.71 bits per heavy atom. The Morgan fingerprint density at radius 1 is 1.00 bits per heavy atom. The van der Waals surface area contributed by atoms with Crippen molar-refractivity contribution in [2.45, 2.75) is 25.9 Å². The van der Waals surface area contributed by atoms with E-state index in [-0.39, 0.29) is 11.7 Å². The van der Waals surface area contributed by atoms with Crippen LogP contribution in [0.15, 0.2) is 60.8 Å². The third-order valence-electron chi connectivity index (χ3n) is 4.85. The van der Waals surface area contributed by atoms with E-state index in [9.17, 15) is 9.18 Å². The fourth-order valence-electron chi connectivity index (χ4n) is 3.32. The second-order valence-electron chi connectivity index (χ2n) is 6.89. The van der Waals surface area contributed by atoms with Gasteiger partial charge in [0, 0.05) is 13.1 Å². The Kier molecular flexibility index (Phi) is 5.37. The molecule has 0 atom stereocenters. The molecular formula is C22H22FN3O2. The molecule has 1 saturated heterocycles. The maximum atomic E-state index is 13.3. The van der Waals surface area contributed by atoms with Gasteiger partial charge in [0.2, 0.25) is 0 Å². The third-order valence-corrected chi connectivity index (χ3v) is 4.85. The molecule has 0 radical (unpaired) electrons. The number of benzene rings is 2. The summed E-state index contributed by atoms with van der Waals surface area (Å²) in [6, 6.07) is 15.8. The molecule has 1 aromatic heterocycles. The minimum atomic E-state index is -0.318. The predicted octanol–water partition coefficient (Wildman–Crippen LogP) is 4.22. The van der Waals surface area contributed by atoms with E-state index in [0.717, 1.165) is 37.9 Å². The Hall–Kier alpha value is -3.15. The molecule has 0 spiro atoms. The van der Waals surface area contributed by atoms with Crippen LogP contribution in [0.25, 0.3) is 5.69 Å². The molecule has 1 aliphatic rings. The molecule has 1 fully saturated rings. The number of likely N-dealkylation sites (tertiary alicyclic amines) is 1. The first-order valence-electron chi connectivity index (χ1n) is 9.52. The maximum absolute atomic E-state index is 13.3. The van der Waals surface area contributed by atoms with Crippen LogP contribution in [-0.2, 0) is 6.61 Å². The molecule has 0 bridgehead atoms. The van der Waals surface area contributed by atoms with E-state index >= 15 is 0 Å². The van der Waals surface area contributed by atoms with Crippen molar-refractivity contribution in [1.29, 1.82) is 0 Å². The number of carbonyl (C=O) groups is 1. The summed E-state index contributed by atoms with van der Waals surface area (Å²) in [4.78, 5) is 14.9. The number of hydrogen-bond donors (Lipinski definition) is 0. The summed E-state index contributed by atoms with van der Waals surface area (Å²) in [5, 5.41) is 4.48.